The number of carbonyl (C=O) groups excluding carboxylic acids is 8. The van der Waals surface area contributed by atoms with E-state index in [-0.39, 0.29) is 193 Å². The van der Waals surface area contributed by atoms with Gasteiger partial charge in [-0.1, -0.05) is 24.3 Å². The molecule has 0 aromatic heterocycles. The average Bonchev–Trinajstić information content (AvgIpc) is 3.83. The summed E-state index contributed by atoms with van der Waals surface area (Å²) in [5, 5.41) is 52.6. The first-order chi connectivity index (χ1) is 29.5. The Morgan fingerprint density at radius 1 is 0.535 bits per heavy atom. The van der Waals surface area contributed by atoms with Crippen molar-refractivity contribution >= 4 is 71.1 Å². The number of nitrogens with one attached hydrogen (secondary N) is 4. The molecule has 2 aromatic carbocycles. The molecule has 0 aliphatic carbocycles. The van der Waals surface area contributed by atoms with Gasteiger partial charge in [0.1, 0.15) is 23.5 Å². The first kappa shape index (κ1) is 75.7. The number of carboxylic acids is 4. The zero-order valence-corrected chi connectivity index (χ0v) is 47.1. The van der Waals surface area contributed by atoms with E-state index >= 15 is 0 Å². The molecule has 31 heteroatoms. The summed E-state index contributed by atoms with van der Waals surface area (Å²) in [7, 11) is 0. The molecular formula is C40H48N10Na4O17. The number of nitrogens with zero attached hydrogens (tertiary/aromatic N) is 4. The van der Waals surface area contributed by atoms with Gasteiger partial charge in [0, 0.05) is 35.5 Å². The van der Waals surface area contributed by atoms with Gasteiger partial charge in [0.25, 0.3) is 11.8 Å². The number of amides is 4. The van der Waals surface area contributed by atoms with Gasteiger partial charge in [0.05, 0.1) is 24.0 Å². The number of benzene rings is 2. The minimum Gasteiger partial charge on any atom is -0.550 e. The number of aliphatic imine (C=N–C) groups is 4. The maximum absolute atomic E-state index is 12.2. The van der Waals surface area contributed by atoms with Crippen molar-refractivity contribution in [3.05, 3.63) is 94.3 Å². The van der Waals surface area contributed by atoms with Crippen LogP contribution in [0.5, 0.6) is 0 Å². The van der Waals surface area contributed by atoms with Crippen LogP contribution in [0.25, 0.3) is 0 Å². The predicted molar refractivity (Wildman–Crippen MR) is 226 cm³/mol. The zero-order valence-electron chi connectivity index (χ0n) is 39.1. The molecule has 27 nitrogen and oxygen atoms in total. The number of nitrogens with two attached hydrogens (primary N) is 2. The van der Waals surface area contributed by atoms with E-state index in [0.29, 0.717) is 37.4 Å². The van der Waals surface area contributed by atoms with Crippen molar-refractivity contribution in [2.45, 2.75) is 63.5 Å². The summed E-state index contributed by atoms with van der Waals surface area (Å²) in [5.74, 6) is -8.20. The minimum absolute atomic E-state index is 0. The van der Waals surface area contributed by atoms with Crippen LogP contribution < -0.4 is 171 Å². The van der Waals surface area contributed by atoms with Crippen molar-refractivity contribution < 1.29 is 204 Å². The number of carboxylic acid groups (broad SMARTS) is 4. The number of aliphatic carboxylic acids is 4. The van der Waals surface area contributed by atoms with Crippen molar-refractivity contribution in [2.24, 2.45) is 43.3 Å². The van der Waals surface area contributed by atoms with Gasteiger partial charge in [-0.3, -0.25) is 29.8 Å². The topological polar surface area (TPSA) is 536 Å². The van der Waals surface area contributed by atoms with E-state index in [4.69, 9.17) is 11.5 Å². The molecule has 4 aliphatic heterocycles. The maximum Gasteiger partial charge on any atom is 1.00 e. The Balaban J connectivity index is -0.000000363. The summed E-state index contributed by atoms with van der Waals surface area (Å²) in [6.45, 7) is 0. The number of amidine groups is 2. The first-order valence-corrected chi connectivity index (χ1v) is 18.9. The van der Waals surface area contributed by atoms with Crippen LogP contribution in [0.2, 0.25) is 0 Å². The van der Waals surface area contributed by atoms with Crippen molar-refractivity contribution in [3.63, 3.8) is 0 Å². The van der Waals surface area contributed by atoms with Gasteiger partial charge >= 0.3 is 118 Å². The Kier molecular flexibility index (Phi) is 38.2. The van der Waals surface area contributed by atoms with E-state index in [0.717, 1.165) is 22.3 Å². The molecule has 4 aliphatic rings. The molecule has 2 aromatic rings. The van der Waals surface area contributed by atoms with Gasteiger partial charge in [0.2, 0.25) is 23.7 Å². The second kappa shape index (κ2) is 35.8. The molecule has 0 bridgehead atoms. The average molecular weight is 1030 g/mol. The van der Waals surface area contributed by atoms with E-state index in [1.165, 1.54) is 24.3 Å². The Labute approximate surface area is 492 Å². The molecule has 364 valence electrons. The van der Waals surface area contributed by atoms with E-state index in [1.807, 2.05) is 0 Å². The molecule has 4 atom stereocenters. The monoisotopic (exact) mass is 1030 g/mol. The first-order valence-electron chi connectivity index (χ1n) is 18.9. The normalized spacial score (nSPS) is 15.8. The molecule has 0 fully saturated rings. The van der Waals surface area contributed by atoms with Crippen LogP contribution in [0.3, 0.4) is 0 Å². The van der Waals surface area contributed by atoms with Gasteiger partial charge in [-0.15, -0.1) is 0 Å². The van der Waals surface area contributed by atoms with Crippen molar-refractivity contribution in [1.29, 1.82) is 0 Å². The Bertz CT molecular complexity index is 2220. The van der Waals surface area contributed by atoms with Crippen molar-refractivity contribution in [1.82, 2.24) is 21.3 Å². The number of hydrogen-bond acceptors (Lipinski definition) is 18. The Hall–Kier alpha value is -4.24. The second-order valence-electron chi connectivity index (χ2n) is 14.1. The number of aryl methyl sites for hydroxylation is 2. The second-order valence-corrected chi connectivity index (χ2v) is 14.1. The summed E-state index contributed by atoms with van der Waals surface area (Å²) >= 11 is 0. The number of rotatable bonds is 18. The molecular weight excluding hydrogens is 984 g/mol. The molecule has 4 heterocycles. The largest absolute Gasteiger partial charge is 1.00 e. The van der Waals surface area contributed by atoms with Gasteiger partial charge < -0.3 is 89.1 Å². The van der Waals surface area contributed by atoms with Crippen LogP contribution in [-0.2, 0) is 41.6 Å². The fourth-order valence-electron chi connectivity index (χ4n) is 6.53. The predicted octanol–water partition coefficient (Wildman–Crippen LogP) is -21.4. The number of guanidine groups is 2. The molecule has 6 rings (SSSR count). The fraction of sp³-hybridized carbons (Fsp3) is 0.300. The molecule has 0 spiro atoms. The Morgan fingerprint density at radius 2 is 0.845 bits per heavy atom. The summed E-state index contributed by atoms with van der Waals surface area (Å²) in [6, 6.07) is 10.1. The summed E-state index contributed by atoms with van der Waals surface area (Å²) in [5.41, 5.74) is 14.9. The van der Waals surface area contributed by atoms with Crippen LogP contribution in [0.4, 0.5) is 0 Å². The van der Waals surface area contributed by atoms with Gasteiger partial charge in [-0.2, -0.15) is 9.98 Å². The zero-order chi connectivity index (χ0) is 45.1. The molecule has 71 heavy (non-hydrogen) atoms. The molecule has 4 amide bonds. The van der Waals surface area contributed by atoms with E-state index in [9.17, 15) is 58.8 Å². The van der Waals surface area contributed by atoms with Gasteiger partial charge in [0.15, 0.2) is 0 Å². The molecule has 0 saturated heterocycles. The van der Waals surface area contributed by atoms with E-state index in [1.54, 1.807) is 36.7 Å². The third kappa shape index (κ3) is 22.2. The van der Waals surface area contributed by atoms with Crippen LogP contribution in [0.1, 0.15) is 70.4 Å². The van der Waals surface area contributed by atoms with Crippen LogP contribution >= 0.6 is 0 Å². The van der Waals surface area contributed by atoms with Gasteiger partial charge in [-0.25, -0.2) is 9.98 Å². The standard InChI is InChI=1S/2C20H21N5O6.4Na.5H2O/c2*21-20-24-16-15(18(29)25-20)12(9-22-16)6-3-10-1-4-11(5-2-10)17(28)23-13(19(30)31)7-8-14(26)27;;;;;;;;;/h2*1-2,4-5,9,13,15H,3,6-8H2,(H,23,28)(H,26,27)(H,30,31)(H3,21,22,24,25,29);;;;;5*1H2/q;;4*+1;;;;;/p-4/t2*13-,15?;;;;;;;;;/m00........./s1. The number of fused-ring (bicyclic) bond motifs is 2. The third-order valence-electron chi connectivity index (χ3n) is 9.77. The van der Waals surface area contributed by atoms with Crippen LogP contribution in [0.15, 0.2) is 92.0 Å². The molecule has 18 N–H and O–H groups in total. The van der Waals surface area contributed by atoms with Crippen molar-refractivity contribution in [3.8, 4) is 0 Å². The van der Waals surface area contributed by atoms with Crippen LogP contribution in [-0.4, -0.2) is 111 Å². The quantitative estimate of drug-likeness (QED) is 0.0756. The number of carbonyl (C=O) groups is 8. The summed E-state index contributed by atoms with van der Waals surface area (Å²) in [4.78, 5) is 108. The molecule has 2 unspecified atom stereocenters. The molecule has 0 saturated carbocycles. The van der Waals surface area contributed by atoms with E-state index < -0.39 is 72.5 Å². The summed E-state index contributed by atoms with van der Waals surface area (Å²) < 4.78 is 0. The smallest absolute Gasteiger partial charge is 0.550 e. The fourth-order valence-corrected chi connectivity index (χ4v) is 6.53. The molecule has 0 radical (unpaired) electrons. The maximum atomic E-state index is 12.2. The van der Waals surface area contributed by atoms with Crippen molar-refractivity contribution in [2.75, 3.05) is 0 Å². The number of hydrogen-bond donors (Lipinski definition) is 6. The summed E-state index contributed by atoms with van der Waals surface area (Å²) in [6.07, 6.45) is 3.75. The Morgan fingerprint density at radius 3 is 1.13 bits per heavy atom. The van der Waals surface area contributed by atoms with Crippen LogP contribution in [0, 0.1) is 11.8 Å². The van der Waals surface area contributed by atoms with Gasteiger partial charge in [-0.05, 0) is 97.9 Å². The SMILES string of the molecule is NC1=NC2=NC=C(CCc3ccc(C(=O)N[C@@H](CCC(=O)[O-])C(=O)[O-])cc3)C2C(=O)N1.NC1=NC2=NC=C(CCc3ccc(C(=O)N[C@@H](CCC(=O)[O-])C(=O)[O-])cc3)C2C(=O)N1.O.O.O.O.O.[Na+].[Na+].[Na+].[Na+]. The van der Waals surface area contributed by atoms with E-state index in [2.05, 4.69) is 41.2 Å². The third-order valence-corrected chi connectivity index (χ3v) is 9.77. The minimum atomic E-state index is -1.57.